The summed E-state index contributed by atoms with van der Waals surface area (Å²) in [5.74, 6) is 0.960. The molecule has 2 rings (SSSR count). The van der Waals surface area contributed by atoms with Gasteiger partial charge in [-0.3, -0.25) is 4.79 Å². The molecule has 1 aliphatic carbocycles. The second-order valence-corrected chi connectivity index (χ2v) is 6.04. The van der Waals surface area contributed by atoms with E-state index in [1.807, 2.05) is 6.92 Å². The van der Waals surface area contributed by atoms with E-state index in [0.717, 1.165) is 25.4 Å². The molecule has 1 saturated carbocycles. The van der Waals surface area contributed by atoms with E-state index < -0.39 is 0 Å². The Morgan fingerprint density at radius 2 is 2.11 bits per heavy atom. The number of rotatable bonds is 5. The van der Waals surface area contributed by atoms with Crippen LogP contribution < -0.4 is 11.1 Å². The van der Waals surface area contributed by atoms with Gasteiger partial charge in [-0.2, -0.15) is 0 Å². The number of carbonyl (C=O) groups is 1. The molecule has 2 fully saturated rings. The fourth-order valence-corrected chi connectivity index (χ4v) is 3.12. The summed E-state index contributed by atoms with van der Waals surface area (Å²) in [5.41, 5.74) is 5.51. The molecule has 18 heavy (non-hydrogen) atoms. The normalized spacial score (nSPS) is 27.6. The molecule has 2 atom stereocenters. The van der Waals surface area contributed by atoms with Gasteiger partial charge in [0.2, 0.25) is 5.91 Å². The quantitative estimate of drug-likeness (QED) is 0.767. The zero-order chi connectivity index (χ0) is 13.0. The number of nitrogens with two attached hydrogens (primary N) is 1. The van der Waals surface area contributed by atoms with E-state index in [0.29, 0.717) is 12.6 Å². The van der Waals surface area contributed by atoms with Crippen molar-refractivity contribution in [2.24, 2.45) is 17.6 Å². The molecule has 0 spiro atoms. The van der Waals surface area contributed by atoms with Crippen LogP contribution in [0.25, 0.3) is 0 Å². The van der Waals surface area contributed by atoms with E-state index in [4.69, 9.17) is 5.73 Å². The number of hydrogen-bond acceptors (Lipinski definition) is 3. The fourth-order valence-electron chi connectivity index (χ4n) is 3.12. The third-order valence-electron chi connectivity index (χ3n) is 4.41. The van der Waals surface area contributed by atoms with Crippen molar-refractivity contribution in [3.63, 3.8) is 0 Å². The van der Waals surface area contributed by atoms with Crippen molar-refractivity contribution >= 4 is 5.91 Å². The predicted molar refractivity (Wildman–Crippen MR) is 73.2 cm³/mol. The van der Waals surface area contributed by atoms with E-state index in [1.54, 1.807) is 0 Å². The van der Waals surface area contributed by atoms with E-state index in [1.165, 1.54) is 32.2 Å². The summed E-state index contributed by atoms with van der Waals surface area (Å²) in [6.45, 7) is 5.72. The first-order chi connectivity index (χ1) is 8.69. The van der Waals surface area contributed by atoms with Gasteiger partial charge in [-0.15, -0.1) is 0 Å². The van der Waals surface area contributed by atoms with Crippen LogP contribution in [-0.4, -0.2) is 43.0 Å². The van der Waals surface area contributed by atoms with Crippen LogP contribution in [0.2, 0.25) is 0 Å². The van der Waals surface area contributed by atoms with Crippen molar-refractivity contribution in [3.8, 4) is 0 Å². The number of nitrogens with one attached hydrogen (secondary N) is 1. The van der Waals surface area contributed by atoms with Crippen molar-refractivity contribution in [2.75, 3.05) is 26.2 Å². The molecule has 0 radical (unpaired) electrons. The van der Waals surface area contributed by atoms with Crippen LogP contribution in [0.1, 0.15) is 39.0 Å². The fraction of sp³-hybridized carbons (Fsp3) is 0.929. The average Bonchev–Trinajstić information content (AvgIpc) is 3.01. The third kappa shape index (κ3) is 3.69. The summed E-state index contributed by atoms with van der Waals surface area (Å²) >= 11 is 0. The summed E-state index contributed by atoms with van der Waals surface area (Å²) in [5, 5.41) is 3.12. The van der Waals surface area contributed by atoms with Crippen molar-refractivity contribution in [2.45, 2.75) is 45.1 Å². The number of nitrogens with zero attached hydrogens (tertiary/aromatic N) is 1. The lowest BCUT2D eigenvalue weighted by Crippen LogP contribution is -2.42. The Balaban J connectivity index is 1.69. The van der Waals surface area contributed by atoms with Gasteiger partial charge in [0, 0.05) is 38.1 Å². The molecule has 1 aliphatic heterocycles. The van der Waals surface area contributed by atoms with Crippen LogP contribution in [0.5, 0.6) is 0 Å². The second kappa shape index (κ2) is 6.53. The van der Waals surface area contributed by atoms with Gasteiger partial charge in [-0.25, -0.2) is 0 Å². The third-order valence-corrected chi connectivity index (χ3v) is 4.41. The Kier molecular flexibility index (Phi) is 5.01. The van der Waals surface area contributed by atoms with Gasteiger partial charge in [-0.05, 0) is 25.2 Å². The van der Waals surface area contributed by atoms with E-state index >= 15 is 0 Å². The molecular formula is C14H27N3O. The summed E-state index contributed by atoms with van der Waals surface area (Å²) in [7, 11) is 0. The molecule has 1 saturated heterocycles. The van der Waals surface area contributed by atoms with Crippen molar-refractivity contribution in [1.82, 2.24) is 10.2 Å². The minimum atomic E-state index is -0.0612. The minimum Gasteiger partial charge on any atom is -0.352 e. The van der Waals surface area contributed by atoms with Crippen LogP contribution in [0, 0.1) is 11.8 Å². The zero-order valence-corrected chi connectivity index (χ0v) is 11.5. The summed E-state index contributed by atoms with van der Waals surface area (Å²) in [4.78, 5) is 14.3. The lowest BCUT2D eigenvalue weighted by Gasteiger charge is -2.21. The first-order valence-electron chi connectivity index (χ1n) is 7.42. The molecule has 0 bridgehead atoms. The van der Waals surface area contributed by atoms with Crippen molar-refractivity contribution in [3.05, 3.63) is 0 Å². The van der Waals surface area contributed by atoms with Gasteiger partial charge >= 0.3 is 0 Å². The van der Waals surface area contributed by atoms with Crippen LogP contribution in [0.3, 0.4) is 0 Å². The molecule has 4 nitrogen and oxygen atoms in total. The zero-order valence-electron chi connectivity index (χ0n) is 11.5. The number of amides is 1. The van der Waals surface area contributed by atoms with Crippen LogP contribution in [0.15, 0.2) is 0 Å². The Labute approximate surface area is 110 Å². The largest absolute Gasteiger partial charge is 0.352 e. The Bertz CT molecular complexity index is 276. The summed E-state index contributed by atoms with van der Waals surface area (Å²) in [6, 6.07) is 0.341. The van der Waals surface area contributed by atoms with Crippen molar-refractivity contribution < 1.29 is 4.79 Å². The highest BCUT2D eigenvalue weighted by Gasteiger charge is 2.27. The molecule has 4 heteroatoms. The topological polar surface area (TPSA) is 58.4 Å². The van der Waals surface area contributed by atoms with Crippen LogP contribution in [-0.2, 0) is 4.79 Å². The van der Waals surface area contributed by atoms with Gasteiger partial charge < -0.3 is 16.0 Å². The molecule has 0 aromatic carbocycles. The Morgan fingerprint density at radius 1 is 1.39 bits per heavy atom. The Hall–Kier alpha value is -0.610. The molecule has 104 valence electrons. The van der Waals surface area contributed by atoms with E-state index in [2.05, 4.69) is 10.2 Å². The van der Waals surface area contributed by atoms with Gasteiger partial charge in [-0.1, -0.05) is 19.8 Å². The first kappa shape index (κ1) is 13.8. The number of hydrogen-bond donors (Lipinski definition) is 2. The van der Waals surface area contributed by atoms with E-state index in [-0.39, 0.29) is 11.8 Å². The molecule has 3 N–H and O–H groups in total. The lowest BCUT2D eigenvalue weighted by atomic mass is 10.1. The molecule has 2 aliphatic rings. The highest BCUT2D eigenvalue weighted by Crippen LogP contribution is 2.26. The molecular weight excluding hydrogens is 226 g/mol. The van der Waals surface area contributed by atoms with Gasteiger partial charge in [0.05, 0.1) is 0 Å². The lowest BCUT2D eigenvalue weighted by molar-refractivity contribution is -0.124. The van der Waals surface area contributed by atoms with Gasteiger partial charge in [0.1, 0.15) is 0 Å². The van der Waals surface area contributed by atoms with Gasteiger partial charge in [0.25, 0.3) is 0 Å². The maximum Gasteiger partial charge on any atom is 0.224 e. The van der Waals surface area contributed by atoms with Gasteiger partial charge in [0.15, 0.2) is 0 Å². The predicted octanol–water partition coefficient (Wildman–Crippen LogP) is 0.962. The first-order valence-corrected chi connectivity index (χ1v) is 7.42. The monoisotopic (exact) mass is 253 g/mol. The average molecular weight is 253 g/mol. The minimum absolute atomic E-state index is 0.0612. The maximum atomic E-state index is 11.8. The standard InChI is InChI=1S/C14H27N3O/c1-11(8-15)14(18)16-13-6-7-17(10-13)9-12-4-2-3-5-12/h11-13H,2-10,15H2,1H3,(H,16,18). The summed E-state index contributed by atoms with van der Waals surface area (Å²) < 4.78 is 0. The highest BCUT2D eigenvalue weighted by atomic mass is 16.1. The molecule has 2 unspecified atom stereocenters. The van der Waals surface area contributed by atoms with Crippen molar-refractivity contribution in [1.29, 1.82) is 0 Å². The maximum absolute atomic E-state index is 11.8. The molecule has 1 amide bonds. The molecule has 0 aromatic heterocycles. The Morgan fingerprint density at radius 3 is 2.78 bits per heavy atom. The molecule has 1 heterocycles. The SMILES string of the molecule is CC(CN)C(=O)NC1CCN(CC2CCCC2)C1. The van der Waals surface area contributed by atoms with E-state index in [9.17, 15) is 4.79 Å². The van der Waals surface area contributed by atoms with Crippen LogP contribution >= 0.6 is 0 Å². The number of carbonyl (C=O) groups excluding carboxylic acids is 1. The van der Waals surface area contributed by atoms with Crippen LogP contribution in [0.4, 0.5) is 0 Å². The summed E-state index contributed by atoms with van der Waals surface area (Å²) in [6.07, 6.45) is 6.71. The number of likely N-dealkylation sites (tertiary alicyclic amines) is 1. The second-order valence-electron chi connectivity index (χ2n) is 6.04. The highest BCUT2D eigenvalue weighted by molar-refractivity contribution is 5.78. The smallest absolute Gasteiger partial charge is 0.224 e. The molecule has 0 aromatic rings.